The molecular weight excluding hydrogens is 385 g/mol. The number of anilines is 1. The van der Waals surface area contributed by atoms with E-state index in [1.54, 1.807) is 29.8 Å². The number of aromatic nitrogens is 4. The molecule has 0 saturated heterocycles. The number of nitrogens with one attached hydrogen (secondary N) is 1. The molecular formula is C22H22FN5O2. The van der Waals surface area contributed by atoms with Crippen LogP contribution in [0.3, 0.4) is 0 Å². The lowest BCUT2D eigenvalue weighted by Crippen LogP contribution is -2.37. The maximum Gasteiger partial charge on any atom is 0.332 e. The van der Waals surface area contributed by atoms with Crippen LogP contribution in [0.4, 0.5) is 10.3 Å². The second-order valence-corrected chi connectivity index (χ2v) is 7.33. The van der Waals surface area contributed by atoms with Crippen LogP contribution in [-0.4, -0.2) is 18.7 Å². The van der Waals surface area contributed by atoms with Crippen LogP contribution >= 0.6 is 0 Å². The molecule has 2 aromatic carbocycles. The molecule has 0 atom stereocenters. The Morgan fingerprint density at radius 1 is 1.00 bits per heavy atom. The summed E-state index contributed by atoms with van der Waals surface area (Å²) >= 11 is 0. The number of fused-ring (bicyclic) bond motifs is 1. The van der Waals surface area contributed by atoms with Gasteiger partial charge in [-0.15, -0.1) is 0 Å². The summed E-state index contributed by atoms with van der Waals surface area (Å²) in [5.41, 5.74) is 2.18. The molecule has 0 amide bonds. The molecule has 0 bridgehead atoms. The van der Waals surface area contributed by atoms with Crippen LogP contribution in [0.5, 0.6) is 0 Å². The molecule has 0 saturated carbocycles. The van der Waals surface area contributed by atoms with Gasteiger partial charge in [0.15, 0.2) is 11.2 Å². The zero-order chi connectivity index (χ0) is 21.4. The van der Waals surface area contributed by atoms with Gasteiger partial charge in [-0.2, -0.15) is 4.98 Å². The summed E-state index contributed by atoms with van der Waals surface area (Å²) in [6.45, 7) is 2.59. The van der Waals surface area contributed by atoms with Gasteiger partial charge in [-0.3, -0.25) is 18.5 Å². The largest absolute Gasteiger partial charge is 0.351 e. The first-order valence-electron chi connectivity index (χ1n) is 9.56. The van der Waals surface area contributed by atoms with Gasteiger partial charge in [-0.25, -0.2) is 9.18 Å². The average Bonchev–Trinajstić information content (AvgIpc) is 3.10. The van der Waals surface area contributed by atoms with E-state index in [0.29, 0.717) is 18.1 Å². The van der Waals surface area contributed by atoms with Crippen molar-refractivity contribution >= 4 is 17.1 Å². The van der Waals surface area contributed by atoms with Gasteiger partial charge in [0, 0.05) is 26.2 Å². The van der Waals surface area contributed by atoms with Gasteiger partial charge < -0.3 is 5.32 Å². The highest BCUT2D eigenvalue weighted by molar-refractivity contribution is 5.74. The minimum absolute atomic E-state index is 0.104. The molecule has 0 unspecified atom stereocenters. The van der Waals surface area contributed by atoms with Crippen LogP contribution in [0, 0.1) is 12.7 Å². The van der Waals surface area contributed by atoms with Gasteiger partial charge in [0.25, 0.3) is 5.56 Å². The van der Waals surface area contributed by atoms with Crippen molar-refractivity contribution in [1.29, 1.82) is 0 Å². The van der Waals surface area contributed by atoms with Crippen LogP contribution in [0.1, 0.15) is 16.7 Å². The molecule has 0 radical (unpaired) electrons. The van der Waals surface area contributed by atoms with Crippen molar-refractivity contribution in [3.63, 3.8) is 0 Å². The quantitative estimate of drug-likeness (QED) is 0.552. The number of rotatable bonds is 5. The van der Waals surface area contributed by atoms with Crippen molar-refractivity contribution in [2.45, 2.75) is 20.0 Å². The average molecular weight is 407 g/mol. The molecule has 0 spiro atoms. The summed E-state index contributed by atoms with van der Waals surface area (Å²) in [4.78, 5) is 29.7. The van der Waals surface area contributed by atoms with E-state index in [4.69, 9.17) is 0 Å². The van der Waals surface area contributed by atoms with Gasteiger partial charge in [0.2, 0.25) is 5.95 Å². The van der Waals surface area contributed by atoms with Gasteiger partial charge in [-0.05, 0) is 18.6 Å². The van der Waals surface area contributed by atoms with Crippen LogP contribution in [-0.2, 0) is 27.2 Å². The van der Waals surface area contributed by atoms with Crippen molar-refractivity contribution in [3.05, 3.63) is 91.9 Å². The van der Waals surface area contributed by atoms with Crippen LogP contribution in [0.2, 0.25) is 0 Å². The highest BCUT2D eigenvalue weighted by Crippen LogP contribution is 2.20. The van der Waals surface area contributed by atoms with Crippen molar-refractivity contribution < 1.29 is 4.39 Å². The molecule has 7 nitrogen and oxygen atoms in total. The van der Waals surface area contributed by atoms with Crippen LogP contribution in [0.15, 0.2) is 58.1 Å². The normalized spacial score (nSPS) is 11.2. The second-order valence-electron chi connectivity index (χ2n) is 7.33. The maximum atomic E-state index is 14.3. The predicted octanol–water partition coefficient (Wildman–Crippen LogP) is 2.54. The monoisotopic (exact) mass is 407 g/mol. The third kappa shape index (κ3) is 3.41. The Hall–Kier alpha value is -3.68. The Kier molecular flexibility index (Phi) is 4.99. The van der Waals surface area contributed by atoms with Crippen molar-refractivity contribution in [3.8, 4) is 0 Å². The number of aryl methyl sites for hydroxylation is 2. The topological polar surface area (TPSA) is 73.8 Å². The van der Waals surface area contributed by atoms with Crippen molar-refractivity contribution in [2.75, 3.05) is 5.32 Å². The Bertz CT molecular complexity index is 1350. The lowest BCUT2D eigenvalue weighted by atomic mass is 10.1. The number of benzene rings is 2. The lowest BCUT2D eigenvalue weighted by Gasteiger charge is -2.12. The van der Waals surface area contributed by atoms with E-state index < -0.39 is 11.2 Å². The minimum atomic E-state index is -0.472. The van der Waals surface area contributed by atoms with E-state index in [0.717, 1.165) is 15.7 Å². The fourth-order valence-electron chi connectivity index (χ4n) is 3.42. The molecule has 2 heterocycles. The standard InChI is InChI=1S/C22H22FN5O2/c1-14-8-10-15(11-9-14)12-24-21-25-19-18(20(29)27(3)22(30)26(19)2)28(21)13-16-6-4-5-7-17(16)23/h4-11H,12-13H2,1-3H3,(H,24,25). The first kappa shape index (κ1) is 19.6. The van der Waals surface area contributed by atoms with E-state index >= 15 is 0 Å². The first-order valence-corrected chi connectivity index (χ1v) is 9.56. The molecule has 8 heteroatoms. The zero-order valence-corrected chi connectivity index (χ0v) is 17.0. The Morgan fingerprint density at radius 3 is 2.40 bits per heavy atom. The molecule has 0 aliphatic heterocycles. The molecule has 4 aromatic rings. The number of hydrogen-bond acceptors (Lipinski definition) is 4. The summed E-state index contributed by atoms with van der Waals surface area (Å²) in [5, 5.41) is 3.24. The number of halogens is 1. The van der Waals surface area contributed by atoms with Crippen molar-refractivity contribution in [2.24, 2.45) is 14.1 Å². The van der Waals surface area contributed by atoms with Gasteiger partial charge in [0.1, 0.15) is 5.82 Å². The van der Waals surface area contributed by atoms with E-state index in [9.17, 15) is 14.0 Å². The van der Waals surface area contributed by atoms with Gasteiger partial charge in [0.05, 0.1) is 6.54 Å². The van der Waals surface area contributed by atoms with Gasteiger partial charge in [-0.1, -0.05) is 48.0 Å². The fourth-order valence-corrected chi connectivity index (χ4v) is 3.42. The smallest absolute Gasteiger partial charge is 0.332 e. The SMILES string of the molecule is Cc1ccc(CNc2nc3c(c(=O)n(C)c(=O)n3C)n2Cc2ccccc2F)cc1. The zero-order valence-electron chi connectivity index (χ0n) is 17.0. The number of hydrogen-bond donors (Lipinski definition) is 1. The summed E-state index contributed by atoms with van der Waals surface area (Å²) in [6.07, 6.45) is 0. The van der Waals surface area contributed by atoms with Crippen molar-refractivity contribution in [1.82, 2.24) is 18.7 Å². The molecule has 4 rings (SSSR count). The third-order valence-corrected chi connectivity index (χ3v) is 5.21. The van der Waals surface area contributed by atoms with Crippen LogP contribution < -0.4 is 16.6 Å². The highest BCUT2D eigenvalue weighted by atomic mass is 19.1. The second kappa shape index (κ2) is 7.62. The minimum Gasteiger partial charge on any atom is -0.351 e. The van der Waals surface area contributed by atoms with E-state index in [2.05, 4.69) is 10.3 Å². The molecule has 154 valence electrons. The molecule has 0 aliphatic rings. The molecule has 0 fully saturated rings. The Balaban J connectivity index is 1.85. The van der Waals surface area contributed by atoms with Gasteiger partial charge >= 0.3 is 5.69 Å². The summed E-state index contributed by atoms with van der Waals surface area (Å²) in [5.74, 6) is 0.0256. The predicted molar refractivity (Wildman–Crippen MR) is 114 cm³/mol. The number of nitrogens with zero attached hydrogens (tertiary/aromatic N) is 4. The summed E-state index contributed by atoms with van der Waals surface area (Å²) in [7, 11) is 2.98. The summed E-state index contributed by atoms with van der Waals surface area (Å²) in [6, 6.07) is 14.4. The molecule has 2 aromatic heterocycles. The van der Waals surface area contributed by atoms with E-state index in [1.165, 1.54) is 17.7 Å². The molecule has 1 N–H and O–H groups in total. The highest BCUT2D eigenvalue weighted by Gasteiger charge is 2.20. The fraction of sp³-hybridized carbons (Fsp3) is 0.227. The molecule has 30 heavy (non-hydrogen) atoms. The first-order chi connectivity index (χ1) is 14.4. The summed E-state index contributed by atoms with van der Waals surface area (Å²) < 4.78 is 18.3. The Labute approximate surface area is 172 Å². The molecule has 0 aliphatic carbocycles. The third-order valence-electron chi connectivity index (χ3n) is 5.21. The van der Waals surface area contributed by atoms with E-state index in [-0.39, 0.29) is 23.5 Å². The lowest BCUT2D eigenvalue weighted by molar-refractivity contribution is 0.601. The van der Waals surface area contributed by atoms with Crippen LogP contribution in [0.25, 0.3) is 11.2 Å². The number of imidazole rings is 1. The maximum absolute atomic E-state index is 14.3. The Morgan fingerprint density at radius 2 is 1.70 bits per heavy atom. The van der Waals surface area contributed by atoms with E-state index in [1.807, 2.05) is 31.2 Å².